The standard InChI is InChI=1S/C21H20O6.C9H8O4/c1-26-20-11-14(5-9-18(20)24)3-7-16(22)13-17(23)8-4-15-6-10-19(25)21(12-15)27-2;1-6(10)13-9(12)7-4-2-3-5-8(7)11/h3-12,24-25H,13H2,1-2H3;2-5,11H,1H3. The molecule has 10 nitrogen and oxygen atoms in total. The number of ketones is 2. The van der Waals surface area contributed by atoms with Crippen molar-refractivity contribution in [2.75, 3.05) is 14.2 Å². The molecule has 0 saturated heterocycles. The van der Waals surface area contributed by atoms with Crippen LogP contribution in [0, 0.1) is 0 Å². The number of phenolic OH excluding ortho intramolecular Hbond substituents is 3. The Morgan fingerprint density at radius 1 is 0.700 bits per heavy atom. The first-order valence-electron chi connectivity index (χ1n) is 11.7. The second-order valence-electron chi connectivity index (χ2n) is 8.04. The number of methoxy groups -OCH3 is 2. The maximum Gasteiger partial charge on any atom is 0.349 e. The summed E-state index contributed by atoms with van der Waals surface area (Å²) in [5.41, 5.74) is 1.31. The molecule has 0 fully saturated rings. The second-order valence-corrected chi connectivity index (χ2v) is 8.04. The Labute approximate surface area is 230 Å². The Bertz CT molecular complexity index is 1360. The molecule has 0 atom stereocenters. The van der Waals surface area contributed by atoms with Crippen LogP contribution in [0.2, 0.25) is 0 Å². The third-order valence-electron chi connectivity index (χ3n) is 5.04. The first kappa shape index (κ1) is 30.8. The molecule has 0 aliphatic carbocycles. The zero-order chi connectivity index (χ0) is 29.7. The van der Waals surface area contributed by atoms with Crippen LogP contribution in [0.15, 0.2) is 72.8 Å². The first-order chi connectivity index (χ1) is 19.0. The molecule has 10 heteroatoms. The number of para-hydroxylation sites is 1. The number of phenols is 3. The Morgan fingerprint density at radius 2 is 1.18 bits per heavy atom. The number of benzene rings is 3. The zero-order valence-corrected chi connectivity index (χ0v) is 22.0. The van der Waals surface area contributed by atoms with Crippen LogP contribution in [-0.2, 0) is 19.1 Å². The molecule has 3 aromatic rings. The van der Waals surface area contributed by atoms with E-state index < -0.39 is 11.9 Å². The monoisotopic (exact) mass is 548 g/mol. The molecule has 0 aliphatic heterocycles. The number of ether oxygens (including phenoxy) is 3. The van der Waals surface area contributed by atoms with Crippen molar-refractivity contribution in [2.24, 2.45) is 0 Å². The molecule has 0 spiro atoms. The summed E-state index contributed by atoms with van der Waals surface area (Å²) in [6, 6.07) is 15.2. The van der Waals surface area contributed by atoms with Crippen LogP contribution in [-0.4, -0.2) is 53.0 Å². The Kier molecular flexibility index (Phi) is 11.7. The quantitative estimate of drug-likeness (QED) is 0.198. The lowest BCUT2D eigenvalue weighted by Gasteiger charge is -2.03. The molecule has 0 aromatic heterocycles. The number of aromatic hydroxyl groups is 3. The molecular formula is C30H28O10. The fourth-order valence-electron chi connectivity index (χ4n) is 3.10. The van der Waals surface area contributed by atoms with Gasteiger partial charge in [0, 0.05) is 6.92 Å². The van der Waals surface area contributed by atoms with Gasteiger partial charge < -0.3 is 29.5 Å². The van der Waals surface area contributed by atoms with Crippen LogP contribution in [0.1, 0.15) is 34.8 Å². The highest BCUT2D eigenvalue weighted by molar-refractivity contribution is 6.10. The van der Waals surface area contributed by atoms with Gasteiger partial charge in [-0.2, -0.15) is 0 Å². The van der Waals surface area contributed by atoms with Crippen LogP contribution in [0.3, 0.4) is 0 Å². The fourth-order valence-corrected chi connectivity index (χ4v) is 3.10. The molecule has 3 N–H and O–H groups in total. The number of carbonyl (C=O) groups is 4. The summed E-state index contributed by atoms with van der Waals surface area (Å²) in [7, 11) is 2.87. The molecule has 0 amide bonds. The molecule has 0 aliphatic rings. The van der Waals surface area contributed by atoms with Gasteiger partial charge in [-0.05, 0) is 59.7 Å². The van der Waals surface area contributed by atoms with Crippen LogP contribution in [0.4, 0.5) is 0 Å². The average Bonchev–Trinajstić information content (AvgIpc) is 2.92. The lowest BCUT2D eigenvalue weighted by molar-refractivity contribution is -0.135. The van der Waals surface area contributed by atoms with Gasteiger partial charge in [-0.15, -0.1) is 0 Å². The van der Waals surface area contributed by atoms with E-state index in [9.17, 15) is 34.5 Å². The lowest BCUT2D eigenvalue weighted by Crippen LogP contribution is -2.09. The van der Waals surface area contributed by atoms with E-state index in [0.717, 1.165) is 6.92 Å². The SMILES string of the molecule is CC(=O)OC(=O)c1ccccc1O.COc1cc(C=CC(=O)CC(=O)C=Cc2ccc(O)c(OC)c2)ccc1O. The number of esters is 2. The van der Waals surface area contributed by atoms with Crippen molar-refractivity contribution in [1.82, 2.24) is 0 Å². The molecule has 3 aromatic carbocycles. The lowest BCUT2D eigenvalue weighted by atomic mass is 10.1. The van der Waals surface area contributed by atoms with Crippen LogP contribution >= 0.6 is 0 Å². The van der Waals surface area contributed by atoms with E-state index >= 15 is 0 Å². The maximum absolute atomic E-state index is 11.9. The van der Waals surface area contributed by atoms with Crippen molar-refractivity contribution in [2.45, 2.75) is 13.3 Å². The van der Waals surface area contributed by atoms with Gasteiger partial charge in [0.05, 0.1) is 20.6 Å². The molecule has 0 unspecified atom stereocenters. The Hall–Kier alpha value is -5.38. The normalized spacial score (nSPS) is 10.5. The summed E-state index contributed by atoms with van der Waals surface area (Å²) in [5.74, 6) is -1.83. The molecule has 0 heterocycles. The summed E-state index contributed by atoms with van der Waals surface area (Å²) < 4.78 is 14.3. The van der Waals surface area contributed by atoms with Gasteiger partial charge in [0.1, 0.15) is 11.3 Å². The van der Waals surface area contributed by atoms with Crippen molar-refractivity contribution >= 4 is 35.7 Å². The molecule has 3 rings (SSSR count). The van der Waals surface area contributed by atoms with E-state index in [-0.39, 0.29) is 40.8 Å². The van der Waals surface area contributed by atoms with E-state index in [4.69, 9.17) is 9.47 Å². The minimum atomic E-state index is -0.842. The third kappa shape index (κ3) is 9.82. The van der Waals surface area contributed by atoms with Gasteiger partial charge in [-0.3, -0.25) is 14.4 Å². The Balaban J connectivity index is 0.000000360. The second kappa shape index (κ2) is 15.1. The molecule has 0 radical (unpaired) electrons. The molecule has 0 bridgehead atoms. The number of rotatable bonds is 9. The van der Waals surface area contributed by atoms with Gasteiger partial charge in [-0.1, -0.05) is 36.4 Å². The van der Waals surface area contributed by atoms with E-state index in [1.165, 1.54) is 50.6 Å². The fraction of sp³-hybridized carbons (Fsp3) is 0.133. The number of carbonyl (C=O) groups excluding carboxylic acids is 4. The van der Waals surface area contributed by atoms with E-state index in [0.29, 0.717) is 22.6 Å². The maximum atomic E-state index is 11.9. The average molecular weight is 549 g/mol. The summed E-state index contributed by atoms with van der Waals surface area (Å²) in [6.07, 6.45) is 5.44. The first-order valence-corrected chi connectivity index (χ1v) is 11.7. The van der Waals surface area contributed by atoms with E-state index in [2.05, 4.69) is 4.74 Å². The van der Waals surface area contributed by atoms with Crippen LogP contribution < -0.4 is 9.47 Å². The van der Waals surface area contributed by atoms with Crippen LogP contribution in [0.5, 0.6) is 28.7 Å². The summed E-state index contributed by atoms with van der Waals surface area (Å²) in [4.78, 5) is 45.3. The van der Waals surface area contributed by atoms with Crippen molar-refractivity contribution in [3.05, 3.63) is 89.5 Å². The van der Waals surface area contributed by atoms with Crippen molar-refractivity contribution in [3.63, 3.8) is 0 Å². The van der Waals surface area contributed by atoms with Crippen molar-refractivity contribution in [3.8, 4) is 28.7 Å². The highest BCUT2D eigenvalue weighted by Gasteiger charge is 2.13. The van der Waals surface area contributed by atoms with Gasteiger partial charge >= 0.3 is 11.9 Å². The third-order valence-corrected chi connectivity index (χ3v) is 5.04. The summed E-state index contributed by atoms with van der Waals surface area (Å²) >= 11 is 0. The van der Waals surface area contributed by atoms with Gasteiger partial charge in [0.2, 0.25) is 0 Å². The van der Waals surface area contributed by atoms with E-state index in [1.807, 2.05) is 0 Å². The number of hydrogen-bond acceptors (Lipinski definition) is 10. The van der Waals surface area contributed by atoms with Crippen LogP contribution in [0.25, 0.3) is 12.2 Å². The smallest absolute Gasteiger partial charge is 0.349 e. The number of hydrogen-bond donors (Lipinski definition) is 3. The van der Waals surface area contributed by atoms with E-state index in [1.54, 1.807) is 48.6 Å². The minimum absolute atomic E-state index is 0.00662. The molecule has 40 heavy (non-hydrogen) atoms. The van der Waals surface area contributed by atoms with Gasteiger partial charge in [0.25, 0.3) is 0 Å². The Morgan fingerprint density at radius 3 is 1.60 bits per heavy atom. The number of allylic oxidation sites excluding steroid dienone is 2. The molecule has 208 valence electrons. The summed E-state index contributed by atoms with van der Waals surface area (Å²) in [5, 5.41) is 28.3. The topological polar surface area (TPSA) is 157 Å². The van der Waals surface area contributed by atoms with Gasteiger partial charge in [0.15, 0.2) is 34.6 Å². The molecular weight excluding hydrogens is 520 g/mol. The highest BCUT2D eigenvalue weighted by atomic mass is 16.6. The predicted molar refractivity (Wildman–Crippen MR) is 146 cm³/mol. The summed E-state index contributed by atoms with van der Waals surface area (Å²) in [6.45, 7) is 1.12. The molecule has 0 saturated carbocycles. The zero-order valence-electron chi connectivity index (χ0n) is 22.0. The largest absolute Gasteiger partial charge is 0.507 e. The minimum Gasteiger partial charge on any atom is -0.507 e. The van der Waals surface area contributed by atoms with Crippen molar-refractivity contribution in [1.29, 1.82) is 0 Å². The predicted octanol–water partition coefficient (Wildman–Crippen LogP) is 4.47. The van der Waals surface area contributed by atoms with Crippen molar-refractivity contribution < 1.29 is 48.7 Å². The van der Waals surface area contributed by atoms with Gasteiger partial charge in [-0.25, -0.2) is 4.79 Å². The highest BCUT2D eigenvalue weighted by Crippen LogP contribution is 2.27.